The number of nitrogens with zero attached hydrogens (tertiary/aromatic N) is 6. The van der Waals surface area contributed by atoms with Gasteiger partial charge in [0, 0.05) is 12.8 Å². The SMILES string of the molecule is CCOCCn1cc(Nc2nc(-c3ccc(N4CC[N]([Tl])C4=O)cc3)ns2)cn1. The second-order valence-corrected chi connectivity index (χ2v) is 9.59. The van der Waals surface area contributed by atoms with Gasteiger partial charge >= 0.3 is 136 Å². The molecule has 1 aliphatic rings. The average molecular weight is 603 g/mol. The van der Waals surface area contributed by atoms with E-state index in [9.17, 15) is 4.79 Å². The van der Waals surface area contributed by atoms with Crippen molar-refractivity contribution in [3.63, 3.8) is 0 Å². The summed E-state index contributed by atoms with van der Waals surface area (Å²) < 4.78 is 13.5. The molecule has 0 unspecified atom stereocenters. The normalized spacial score (nSPS) is 14.0. The topological polar surface area (TPSA) is 88.4 Å². The first-order valence-electron chi connectivity index (χ1n) is 9.29. The van der Waals surface area contributed by atoms with Gasteiger partial charge in [-0.3, -0.25) is 4.68 Å². The van der Waals surface area contributed by atoms with Crippen LogP contribution in [0.3, 0.4) is 0 Å². The van der Waals surface area contributed by atoms with E-state index >= 15 is 0 Å². The number of aromatic nitrogens is 4. The van der Waals surface area contributed by atoms with Crippen LogP contribution < -0.4 is 10.2 Å². The number of urea groups is 1. The summed E-state index contributed by atoms with van der Waals surface area (Å²) in [5, 5.41) is 8.25. The van der Waals surface area contributed by atoms with E-state index in [2.05, 4.69) is 19.8 Å². The van der Waals surface area contributed by atoms with Gasteiger partial charge in [-0.15, -0.1) is 0 Å². The van der Waals surface area contributed by atoms with E-state index in [0.29, 0.717) is 56.8 Å². The quantitative estimate of drug-likeness (QED) is 0.315. The molecule has 1 fully saturated rings. The van der Waals surface area contributed by atoms with Crippen LogP contribution in [0.4, 0.5) is 21.3 Å². The van der Waals surface area contributed by atoms with Gasteiger partial charge in [0.25, 0.3) is 0 Å². The van der Waals surface area contributed by atoms with Gasteiger partial charge in [-0.25, -0.2) is 0 Å². The molecule has 0 saturated carbocycles. The zero-order valence-corrected chi connectivity index (χ0v) is 21.3. The maximum atomic E-state index is 12.2. The van der Waals surface area contributed by atoms with Crippen molar-refractivity contribution in [2.45, 2.75) is 13.5 Å². The molecule has 29 heavy (non-hydrogen) atoms. The summed E-state index contributed by atoms with van der Waals surface area (Å²) in [5.74, 6) is 0.659. The molecule has 1 saturated heterocycles. The molecule has 11 heteroatoms. The number of hydrogen-bond donors (Lipinski definition) is 1. The summed E-state index contributed by atoms with van der Waals surface area (Å²) in [7, 11) is 0. The standard InChI is InChI=1S/C18H21N7O2S.Tl/c1-2-27-10-9-24-12-14(11-20-24)21-17-22-16(23-28-17)13-3-5-15(6-4-13)25-8-7-19-18(25)26;/h3-6,11-12H,2,7-10H2,1H3,(H2,19,21,22,23,26);/q;+1/p-1. The Labute approximate surface area is 188 Å². The number of ether oxygens (including phenoxy) is 1. The van der Waals surface area contributed by atoms with Crippen LogP contribution in [0.15, 0.2) is 36.7 Å². The van der Waals surface area contributed by atoms with Crippen molar-refractivity contribution in [3.05, 3.63) is 36.7 Å². The molecular weight excluding hydrogens is 583 g/mol. The van der Waals surface area contributed by atoms with Gasteiger partial charge < -0.3 is 4.74 Å². The summed E-state index contributed by atoms with van der Waals surface area (Å²) in [5.41, 5.74) is 2.69. The van der Waals surface area contributed by atoms with Crippen LogP contribution in [0.2, 0.25) is 0 Å². The molecule has 4 rings (SSSR count). The van der Waals surface area contributed by atoms with Crippen LogP contribution in [-0.2, 0) is 11.3 Å². The molecule has 1 aromatic carbocycles. The van der Waals surface area contributed by atoms with Crippen LogP contribution >= 0.6 is 11.5 Å². The fourth-order valence-electron chi connectivity index (χ4n) is 2.95. The van der Waals surface area contributed by atoms with E-state index < -0.39 is 0 Å². The molecule has 0 aliphatic carbocycles. The van der Waals surface area contributed by atoms with Crippen molar-refractivity contribution in [1.82, 2.24) is 21.8 Å². The Balaban J connectivity index is 1.39. The average Bonchev–Trinajstić information content (AvgIpc) is 3.45. The molecule has 3 heterocycles. The van der Waals surface area contributed by atoms with Gasteiger partial charge in [-0.05, 0) is 6.92 Å². The Morgan fingerprint density at radius 3 is 2.83 bits per heavy atom. The number of anilines is 3. The number of hydrogen-bond acceptors (Lipinski definition) is 7. The number of rotatable bonds is 8. The Bertz CT molecular complexity index is 975. The monoisotopic (exact) mass is 603 g/mol. The third-order valence-electron chi connectivity index (χ3n) is 4.46. The van der Waals surface area contributed by atoms with E-state index in [4.69, 9.17) is 4.74 Å². The second kappa shape index (κ2) is 9.17. The minimum absolute atomic E-state index is 0.0998. The number of carbonyl (C=O) groups excluding carboxylic acids is 1. The molecule has 0 atom stereocenters. The minimum atomic E-state index is 0.0998. The van der Waals surface area contributed by atoms with Gasteiger partial charge in [0.1, 0.15) is 0 Å². The Morgan fingerprint density at radius 2 is 2.10 bits per heavy atom. The van der Waals surface area contributed by atoms with Crippen molar-refractivity contribution in [2.24, 2.45) is 0 Å². The van der Waals surface area contributed by atoms with Crippen LogP contribution in [-0.4, -0.2) is 80.2 Å². The zero-order chi connectivity index (χ0) is 20.2. The fraction of sp³-hybridized carbons (Fsp3) is 0.333. The molecule has 0 spiro atoms. The first kappa shape index (κ1) is 20.2. The van der Waals surface area contributed by atoms with E-state index in [1.807, 2.05) is 49.7 Å². The number of nitrogens with one attached hydrogen (secondary N) is 1. The molecule has 1 N–H and O–H groups in total. The smallest absolute Gasteiger partial charge is 0.0726 e. The van der Waals surface area contributed by atoms with Crippen molar-refractivity contribution in [3.8, 4) is 11.4 Å². The third kappa shape index (κ3) is 4.75. The van der Waals surface area contributed by atoms with E-state index in [-0.39, 0.29) is 6.03 Å². The molecule has 2 aromatic heterocycles. The minimum Gasteiger partial charge on any atom is -0.179 e. The first-order chi connectivity index (χ1) is 14.1. The predicted molar refractivity (Wildman–Crippen MR) is 113 cm³/mol. The van der Waals surface area contributed by atoms with E-state index in [1.54, 1.807) is 6.20 Å². The molecule has 2 amide bonds. The van der Waals surface area contributed by atoms with Gasteiger partial charge in [0.2, 0.25) is 0 Å². The van der Waals surface area contributed by atoms with Gasteiger partial charge in [-0.1, -0.05) is 0 Å². The van der Waals surface area contributed by atoms with E-state index in [0.717, 1.165) is 30.0 Å². The summed E-state index contributed by atoms with van der Waals surface area (Å²) >= 11 is 1.84. The maximum Gasteiger partial charge on any atom is 0.0726 e. The Kier molecular flexibility index (Phi) is 6.40. The third-order valence-corrected chi connectivity index (χ3v) is 6.95. The van der Waals surface area contributed by atoms with E-state index in [1.165, 1.54) is 11.5 Å². The Hall–Kier alpha value is -2.06. The van der Waals surface area contributed by atoms with Crippen LogP contribution in [0.5, 0.6) is 0 Å². The van der Waals surface area contributed by atoms with Gasteiger partial charge in [-0.2, -0.15) is 5.10 Å². The zero-order valence-electron chi connectivity index (χ0n) is 16.0. The summed E-state index contributed by atoms with van der Waals surface area (Å²) in [6.07, 6.45) is 3.68. The summed E-state index contributed by atoms with van der Waals surface area (Å²) in [6, 6.07) is 7.92. The first-order valence-corrected chi connectivity index (χ1v) is 12.1. The second-order valence-electron chi connectivity index (χ2n) is 6.41. The molecule has 1 aliphatic heterocycles. The Morgan fingerprint density at radius 1 is 1.28 bits per heavy atom. The molecular formula is C18H20N7O2STl. The van der Waals surface area contributed by atoms with Crippen molar-refractivity contribution in [1.29, 1.82) is 0 Å². The number of amides is 2. The van der Waals surface area contributed by atoms with Crippen LogP contribution in [0.1, 0.15) is 6.92 Å². The number of carbonyl (C=O) groups is 1. The number of benzene rings is 1. The van der Waals surface area contributed by atoms with Gasteiger partial charge in [0.15, 0.2) is 0 Å². The fourth-order valence-corrected chi connectivity index (χ4v) is 4.55. The van der Waals surface area contributed by atoms with Gasteiger partial charge in [0.05, 0.1) is 19.3 Å². The molecule has 148 valence electrons. The van der Waals surface area contributed by atoms with Crippen molar-refractivity contribution >= 4 is 60.1 Å². The van der Waals surface area contributed by atoms with Crippen LogP contribution in [0, 0.1) is 0 Å². The maximum absolute atomic E-state index is 12.2. The molecule has 9 nitrogen and oxygen atoms in total. The predicted octanol–water partition coefficient (Wildman–Crippen LogP) is 2.51. The van der Waals surface area contributed by atoms with Crippen LogP contribution in [0.25, 0.3) is 11.4 Å². The molecule has 3 aromatic rings. The molecule has 0 bridgehead atoms. The van der Waals surface area contributed by atoms with Crippen molar-refractivity contribution < 1.29 is 9.53 Å². The summed E-state index contributed by atoms with van der Waals surface area (Å²) in [6.45, 7) is 5.59. The molecule has 0 radical (unpaired) electrons. The largest absolute Gasteiger partial charge is 0.179 e. The summed E-state index contributed by atoms with van der Waals surface area (Å²) in [4.78, 5) is 18.5. The van der Waals surface area contributed by atoms with Crippen molar-refractivity contribution in [2.75, 3.05) is 36.5 Å².